The number of carbonyl (C=O) groups is 2. The summed E-state index contributed by atoms with van der Waals surface area (Å²) in [6.07, 6.45) is 1.99. The standard InChI is InChI=1S/C30H36FN3O4S/c1-5-15-32-30(36)28(19-24-9-7-6-8-10-24)33(20-25-11-13-26(31)14-12-25)29(35)21-34(39(4,37)38)27-17-22(2)16-23(3)18-27/h6-14,16-18,28H,5,15,19-21H2,1-4H3,(H,32,36)/t28-/m0/s1. The van der Waals surface area contributed by atoms with Crippen molar-refractivity contribution in [3.05, 3.63) is 101 Å². The van der Waals surface area contributed by atoms with E-state index >= 15 is 0 Å². The molecule has 9 heteroatoms. The Morgan fingerprint density at radius 2 is 1.54 bits per heavy atom. The fraction of sp³-hybridized carbons (Fsp3) is 0.333. The number of sulfonamides is 1. The third-order valence-electron chi connectivity index (χ3n) is 6.26. The molecule has 0 aliphatic heterocycles. The van der Waals surface area contributed by atoms with Gasteiger partial charge in [-0.15, -0.1) is 0 Å². The van der Waals surface area contributed by atoms with Crippen LogP contribution < -0.4 is 9.62 Å². The Morgan fingerprint density at radius 3 is 2.10 bits per heavy atom. The van der Waals surface area contributed by atoms with Gasteiger partial charge in [-0.3, -0.25) is 13.9 Å². The van der Waals surface area contributed by atoms with Gasteiger partial charge in [0.1, 0.15) is 18.4 Å². The van der Waals surface area contributed by atoms with Crippen LogP contribution in [0.15, 0.2) is 72.8 Å². The highest BCUT2D eigenvalue weighted by Gasteiger charge is 2.33. The fourth-order valence-electron chi connectivity index (χ4n) is 4.41. The first-order valence-electron chi connectivity index (χ1n) is 12.9. The second kappa shape index (κ2) is 13.4. The van der Waals surface area contributed by atoms with Crippen molar-refractivity contribution in [2.45, 2.75) is 46.2 Å². The minimum atomic E-state index is -3.84. The van der Waals surface area contributed by atoms with Crippen molar-refractivity contribution >= 4 is 27.5 Å². The molecule has 7 nitrogen and oxygen atoms in total. The summed E-state index contributed by atoms with van der Waals surface area (Å²) in [5.41, 5.74) is 3.55. The number of rotatable bonds is 12. The maximum atomic E-state index is 14.0. The molecule has 0 saturated carbocycles. The van der Waals surface area contributed by atoms with E-state index < -0.39 is 34.3 Å². The zero-order chi connectivity index (χ0) is 28.6. The van der Waals surface area contributed by atoms with Crippen LogP contribution in [-0.4, -0.2) is 50.5 Å². The number of nitrogens with one attached hydrogen (secondary N) is 1. The molecule has 2 amide bonds. The molecule has 0 heterocycles. The van der Waals surface area contributed by atoms with Crippen LogP contribution in [0.4, 0.5) is 10.1 Å². The van der Waals surface area contributed by atoms with Crippen molar-refractivity contribution in [1.82, 2.24) is 10.2 Å². The smallest absolute Gasteiger partial charge is 0.244 e. The van der Waals surface area contributed by atoms with Crippen LogP contribution in [0.25, 0.3) is 0 Å². The third-order valence-corrected chi connectivity index (χ3v) is 7.40. The van der Waals surface area contributed by atoms with Crippen molar-refractivity contribution in [2.75, 3.05) is 23.7 Å². The van der Waals surface area contributed by atoms with Crippen molar-refractivity contribution in [3.8, 4) is 0 Å². The average Bonchev–Trinajstić information content (AvgIpc) is 2.88. The first-order valence-corrected chi connectivity index (χ1v) is 14.7. The molecule has 1 atom stereocenters. The van der Waals surface area contributed by atoms with E-state index in [0.29, 0.717) is 24.2 Å². The molecular weight excluding hydrogens is 517 g/mol. The van der Waals surface area contributed by atoms with Gasteiger partial charge < -0.3 is 10.2 Å². The molecule has 208 valence electrons. The number of benzene rings is 3. The summed E-state index contributed by atoms with van der Waals surface area (Å²) in [7, 11) is -3.84. The van der Waals surface area contributed by atoms with Gasteiger partial charge in [0.15, 0.2) is 0 Å². The van der Waals surface area contributed by atoms with Crippen LogP contribution in [0.3, 0.4) is 0 Å². The zero-order valence-corrected chi connectivity index (χ0v) is 23.7. The molecule has 3 rings (SSSR count). The van der Waals surface area contributed by atoms with E-state index in [-0.39, 0.29) is 18.9 Å². The number of aryl methyl sites for hydroxylation is 2. The van der Waals surface area contributed by atoms with E-state index in [1.165, 1.54) is 17.0 Å². The minimum absolute atomic E-state index is 0.000601. The second-order valence-electron chi connectivity index (χ2n) is 9.76. The molecule has 0 aliphatic rings. The highest BCUT2D eigenvalue weighted by atomic mass is 32.2. The summed E-state index contributed by atoms with van der Waals surface area (Å²) in [6, 6.07) is 19.4. The minimum Gasteiger partial charge on any atom is -0.354 e. The van der Waals surface area contributed by atoms with Gasteiger partial charge in [-0.25, -0.2) is 12.8 Å². The largest absolute Gasteiger partial charge is 0.354 e. The fourth-order valence-corrected chi connectivity index (χ4v) is 5.25. The second-order valence-corrected chi connectivity index (χ2v) is 11.7. The van der Waals surface area contributed by atoms with E-state index in [1.54, 1.807) is 24.3 Å². The summed E-state index contributed by atoms with van der Waals surface area (Å²) >= 11 is 0. The molecule has 39 heavy (non-hydrogen) atoms. The van der Waals surface area contributed by atoms with Gasteiger partial charge in [0.25, 0.3) is 0 Å². The number of anilines is 1. The molecule has 0 aliphatic carbocycles. The molecule has 0 unspecified atom stereocenters. The van der Waals surface area contributed by atoms with Crippen molar-refractivity contribution in [2.24, 2.45) is 0 Å². The topological polar surface area (TPSA) is 86.8 Å². The van der Waals surface area contributed by atoms with Crippen LogP contribution in [-0.2, 0) is 32.6 Å². The first-order chi connectivity index (χ1) is 18.5. The zero-order valence-electron chi connectivity index (χ0n) is 22.9. The van der Waals surface area contributed by atoms with E-state index in [9.17, 15) is 22.4 Å². The highest BCUT2D eigenvalue weighted by Crippen LogP contribution is 2.23. The Bertz CT molecular complexity index is 1360. The number of hydrogen-bond donors (Lipinski definition) is 1. The Hall–Kier alpha value is -3.72. The predicted molar refractivity (Wildman–Crippen MR) is 152 cm³/mol. The normalized spacial score (nSPS) is 12.0. The molecule has 0 fully saturated rings. The van der Waals surface area contributed by atoms with Gasteiger partial charge in [0.05, 0.1) is 11.9 Å². The lowest BCUT2D eigenvalue weighted by Crippen LogP contribution is -2.53. The molecule has 0 bridgehead atoms. The number of amides is 2. The van der Waals surface area contributed by atoms with Gasteiger partial charge >= 0.3 is 0 Å². The van der Waals surface area contributed by atoms with Crippen LogP contribution in [0.1, 0.15) is 35.6 Å². The van der Waals surface area contributed by atoms with E-state index in [2.05, 4.69) is 5.32 Å². The molecule has 0 radical (unpaired) electrons. The van der Waals surface area contributed by atoms with Gasteiger partial charge in [-0.2, -0.15) is 0 Å². The maximum Gasteiger partial charge on any atom is 0.244 e. The highest BCUT2D eigenvalue weighted by molar-refractivity contribution is 7.92. The van der Waals surface area contributed by atoms with Crippen LogP contribution in [0, 0.1) is 19.7 Å². The number of halogens is 1. The lowest BCUT2D eigenvalue weighted by atomic mass is 10.0. The van der Waals surface area contributed by atoms with Gasteiger partial charge in [0, 0.05) is 19.5 Å². The van der Waals surface area contributed by atoms with Crippen molar-refractivity contribution in [3.63, 3.8) is 0 Å². The average molecular weight is 554 g/mol. The predicted octanol–water partition coefficient (Wildman–Crippen LogP) is 4.37. The quantitative estimate of drug-likeness (QED) is 0.361. The van der Waals surface area contributed by atoms with Crippen LogP contribution in [0.5, 0.6) is 0 Å². The summed E-state index contributed by atoms with van der Waals surface area (Å²) < 4.78 is 40.5. The van der Waals surface area contributed by atoms with Gasteiger partial charge in [-0.05, 0) is 66.8 Å². The van der Waals surface area contributed by atoms with Crippen LogP contribution >= 0.6 is 0 Å². The SMILES string of the molecule is CCCNC(=O)[C@H](Cc1ccccc1)N(Cc1ccc(F)cc1)C(=O)CN(c1cc(C)cc(C)c1)S(C)(=O)=O. The molecule has 3 aromatic rings. The summed E-state index contributed by atoms with van der Waals surface area (Å²) in [6.45, 7) is 5.58. The Balaban J connectivity index is 2.05. The van der Waals surface area contributed by atoms with E-state index in [0.717, 1.165) is 27.3 Å². The van der Waals surface area contributed by atoms with E-state index in [1.807, 2.05) is 57.2 Å². The van der Waals surface area contributed by atoms with Crippen molar-refractivity contribution in [1.29, 1.82) is 0 Å². The first kappa shape index (κ1) is 29.8. The maximum absolute atomic E-state index is 14.0. The van der Waals surface area contributed by atoms with Gasteiger partial charge in [-0.1, -0.05) is 55.5 Å². The van der Waals surface area contributed by atoms with Gasteiger partial charge in [0.2, 0.25) is 21.8 Å². The Kier molecular flexibility index (Phi) is 10.2. The Labute approximate surface area is 230 Å². The molecular formula is C30H36FN3O4S. The number of hydrogen-bond acceptors (Lipinski definition) is 4. The summed E-state index contributed by atoms with van der Waals surface area (Å²) in [4.78, 5) is 28.8. The summed E-state index contributed by atoms with van der Waals surface area (Å²) in [5, 5.41) is 2.89. The third kappa shape index (κ3) is 8.64. The molecule has 0 aromatic heterocycles. The molecule has 0 saturated heterocycles. The van der Waals surface area contributed by atoms with Crippen LogP contribution in [0.2, 0.25) is 0 Å². The van der Waals surface area contributed by atoms with E-state index in [4.69, 9.17) is 0 Å². The lowest BCUT2D eigenvalue weighted by molar-refractivity contribution is -0.140. The molecule has 3 aromatic carbocycles. The van der Waals surface area contributed by atoms with Crippen molar-refractivity contribution < 1.29 is 22.4 Å². The molecule has 1 N–H and O–H groups in total. The summed E-state index contributed by atoms with van der Waals surface area (Å²) in [5.74, 6) is -1.30. The number of carbonyl (C=O) groups excluding carboxylic acids is 2. The monoisotopic (exact) mass is 553 g/mol. The Morgan fingerprint density at radius 1 is 0.923 bits per heavy atom. The molecule has 0 spiro atoms. The number of nitrogens with zero attached hydrogens (tertiary/aromatic N) is 2. The lowest BCUT2D eigenvalue weighted by Gasteiger charge is -2.33.